The van der Waals surface area contributed by atoms with Gasteiger partial charge < -0.3 is 26.5 Å². The molecular weight excluding hydrogens is 423 g/mol. The van der Waals surface area contributed by atoms with Crippen LogP contribution in [0.2, 0.25) is 0 Å². The number of epoxide rings is 1. The van der Waals surface area contributed by atoms with Gasteiger partial charge in [0.2, 0.25) is 0 Å². The van der Waals surface area contributed by atoms with E-state index in [1.165, 1.54) is 20.5 Å². The summed E-state index contributed by atoms with van der Waals surface area (Å²) in [5.74, 6) is -0.477. The predicted octanol–water partition coefficient (Wildman–Crippen LogP) is 3.75. The summed E-state index contributed by atoms with van der Waals surface area (Å²) in [6, 6.07) is 7.38. The summed E-state index contributed by atoms with van der Waals surface area (Å²) in [5.41, 5.74) is 1.94. The molecule has 1 saturated heterocycles. The number of methoxy groups -OCH3 is 2. The Hall–Kier alpha value is -1.24. The zero-order chi connectivity index (χ0) is 18.7. The quantitative estimate of drug-likeness (QED) is 0.120. The minimum atomic E-state index is -0.477. The number of ether oxygens (including phenoxy) is 3. The fraction of sp³-hybridized carbons (Fsp3) is 0.450. The van der Waals surface area contributed by atoms with Gasteiger partial charge >= 0.3 is 5.97 Å². The Bertz CT molecular complexity index is 714. The maximum Gasteiger partial charge on any atom is 0.341 e. The number of carbonyl (C=O) groups is 1. The number of carbonyl (C=O) groups excluding carboxylic acids is 1. The molecule has 1 radical (unpaired) electrons. The van der Waals surface area contributed by atoms with Gasteiger partial charge in [0.1, 0.15) is 17.8 Å². The smallest absolute Gasteiger partial charge is 0.341 e. The number of nitrogens with zero attached hydrogens (tertiary/aromatic N) is 1. The molecule has 2 rings (SSSR count). The van der Waals surface area contributed by atoms with Crippen molar-refractivity contribution in [3.8, 4) is 0 Å². The summed E-state index contributed by atoms with van der Waals surface area (Å²) in [6.45, 7) is 8.10. The second-order valence-electron chi connectivity index (χ2n) is 6.51. The van der Waals surface area contributed by atoms with Crippen molar-refractivity contribution < 1.29 is 56.6 Å². The molecule has 0 N–H and O–H groups in total. The third kappa shape index (κ3) is 5.62. The van der Waals surface area contributed by atoms with E-state index in [0.29, 0.717) is 11.1 Å². The molecule has 6 nitrogen and oxygen atoms in total. The van der Waals surface area contributed by atoms with Crippen LogP contribution in [0.3, 0.4) is 0 Å². The Kier molecular flexibility index (Phi) is 9.87. The first-order valence-electron chi connectivity index (χ1n) is 8.03. The van der Waals surface area contributed by atoms with Gasteiger partial charge in [0.05, 0.1) is 31.8 Å². The van der Waals surface area contributed by atoms with Crippen molar-refractivity contribution in [3.63, 3.8) is 0 Å². The zero-order valence-electron chi connectivity index (χ0n) is 17.2. The topological polar surface area (TPSA) is 69.7 Å². The summed E-state index contributed by atoms with van der Waals surface area (Å²) in [6.07, 6.45) is 1.36. The van der Waals surface area contributed by atoms with E-state index in [0.717, 1.165) is 11.3 Å². The molecule has 1 aromatic carbocycles. The fourth-order valence-electron chi connectivity index (χ4n) is 2.64. The van der Waals surface area contributed by atoms with Crippen LogP contribution >= 0.6 is 0 Å². The van der Waals surface area contributed by atoms with Crippen LogP contribution in [-0.4, -0.2) is 37.1 Å². The first-order valence-corrected chi connectivity index (χ1v) is 8.03. The maximum absolute atomic E-state index is 12.0. The van der Waals surface area contributed by atoms with E-state index in [9.17, 15) is 4.79 Å². The molecule has 0 aliphatic carbocycles. The van der Waals surface area contributed by atoms with Crippen LogP contribution in [0.15, 0.2) is 35.7 Å². The molecule has 7 heteroatoms. The summed E-state index contributed by atoms with van der Waals surface area (Å²) in [7, 11) is 2.81. The first kappa shape index (κ1) is 25.8. The average Bonchev–Trinajstić information content (AvgIpc) is 3.12. The summed E-state index contributed by atoms with van der Waals surface area (Å²) >= 11 is 0. The van der Waals surface area contributed by atoms with E-state index in [1.54, 1.807) is 0 Å². The van der Waals surface area contributed by atoms with Crippen LogP contribution in [0.1, 0.15) is 38.8 Å². The van der Waals surface area contributed by atoms with Crippen molar-refractivity contribution in [3.05, 3.63) is 49.1 Å². The Morgan fingerprint density at radius 1 is 1.22 bits per heavy atom. The van der Waals surface area contributed by atoms with Crippen molar-refractivity contribution in [2.75, 3.05) is 14.2 Å². The number of hydrogen-bond acceptors (Lipinski definition) is 6. The molecule has 27 heavy (non-hydrogen) atoms. The van der Waals surface area contributed by atoms with Crippen LogP contribution in [0.5, 0.6) is 0 Å². The number of rotatable bonds is 7. The molecule has 1 aliphatic heterocycles. The Morgan fingerprint density at radius 3 is 2.33 bits per heavy atom. The molecule has 0 amide bonds. The fourth-order valence-corrected chi connectivity index (χ4v) is 2.64. The molecule has 0 aromatic heterocycles. The molecule has 1 atom stereocenters. The van der Waals surface area contributed by atoms with Gasteiger partial charge in [0.15, 0.2) is 0 Å². The predicted molar refractivity (Wildman–Crippen MR) is 101 cm³/mol. The van der Waals surface area contributed by atoms with E-state index < -0.39 is 11.6 Å². The summed E-state index contributed by atoms with van der Waals surface area (Å²) < 4.78 is 15.5. The minimum Gasteiger partial charge on any atom is -0.503 e. The second-order valence-corrected chi connectivity index (χ2v) is 6.51. The molecular formula is C20H28NO5Y-. The molecule has 1 unspecified atom stereocenters. The second kappa shape index (κ2) is 10.3. The normalized spacial score (nSPS) is 20.7. The molecule has 1 aliphatic rings. The molecule has 1 heterocycles. The van der Waals surface area contributed by atoms with Gasteiger partial charge in [-0.15, -0.1) is 0 Å². The molecule has 1 fully saturated rings. The molecule has 147 valence electrons. The maximum atomic E-state index is 12.0. The van der Waals surface area contributed by atoms with Gasteiger partial charge in [0.25, 0.3) is 0 Å². The third-order valence-corrected chi connectivity index (χ3v) is 4.63. The first-order chi connectivity index (χ1) is 11.8. The number of esters is 1. The van der Waals surface area contributed by atoms with Crippen LogP contribution in [0, 0.1) is 7.43 Å². The Labute approximate surface area is 187 Å². The molecule has 0 spiro atoms. The number of benzene rings is 1. The molecule has 0 bridgehead atoms. The van der Waals surface area contributed by atoms with Crippen molar-refractivity contribution in [1.82, 2.24) is 0 Å². The van der Waals surface area contributed by atoms with Crippen LogP contribution in [-0.2, 0) is 63.2 Å². The van der Waals surface area contributed by atoms with Crippen molar-refractivity contribution >= 4 is 17.3 Å². The molecule has 0 saturated carbocycles. The van der Waals surface area contributed by atoms with Gasteiger partial charge in [-0.2, -0.15) is 0 Å². The Balaban J connectivity index is 0.00000338. The van der Waals surface area contributed by atoms with Crippen molar-refractivity contribution in [2.24, 2.45) is 5.16 Å². The van der Waals surface area contributed by atoms with Crippen LogP contribution in [0.25, 0.3) is 5.57 Å². The third-order valence-electron chi connectivity index (χ3n) is 4.63. The number of hydrogen-bond donors (Lipinski definition) is 0. The van der Waals surface area contributed by atoms with E-state index in [1.807, 2.05) is 52.0 Å². The van der Waals surface area contributed by atoms with E-state index in [2.05, 4.69) is 5.16 Å². The van der Waals surface area contributed by atoms with E-state index >= 15 is 0 Å². The van der Waals surface area contributed by atoms with Crippen LogP contribution < -0.4 is 0 Å². The standard InChI is InChI=1S/C19H25NO5.CH3.Y/c1-13(19(4)18(2,3)25-19)20-24-11-14-9-7-8-10-15(14)16(12-22-5)17(21)23-6;;/h7-10,12H,11H2,1-6H3;1H3;/q;-1;/b16-12+,20-13+;;. The number of oxime groups is 1. The summed E-state index contributed by atoms with van der Waals surface area (Å²) in [5, 5.41) is 4.19. The van der Waals surface area contributed by atoms with E-state index in [-0.39, 0.29) is 52.3 Å². The van der Waals surface area contributed by atoms with Gasteiger partial charge in [-0.3, -0.25) is 0 Å². The van der Waals surface area contributed by atoms with Gasteiger partial charge in [-0.05, 0) is 33.3 Å². The monoisotopic (exact) mass is 451 g/mol. The zero-order valence-corrected chi connectivity index (χ0v) is 20.0. The van der Waals surface area contributed by atoms with Gasteiger partial charge in [-0.25, -0.2) is 4.79 Å². The largest absolute Gasteiger partial charge is 0.503 e. The SMILES string of the molecule is CO/C=C(/C(=O)OC)c1ccccc1CO/N=C(\C)C1(C)OC1(C)C.[CH3-].[Y]. The van der Waals surface area contributed by atoms with Crippen LogP contribution in [0.4, 0.5) is 0 Å². The van der Waals surface area contributed by atoms with Crippen molar-refractivity contribution in [1.29, 1.82) is 0 Å². The average molecular weight is 451 g/mol. The minimum absolute atomic E-state index is 0. The Morgan fingerprint density at radius 2 is 1.81 bits per heavy atom. The molecule has 1 aromatic rings. The van der Waals surface area contributed by atoms with E-state index in [4.69, 9.17) is 19.0 Å². The van der Waals surface area contributed by atoms with Crippen molar-refractivity contribution in [2.45, 2.75) is 45.5 Å². The summed E-state index contributed by atoms with van der Waals surface area (Å²) in [4.78, 5) is 17.5. The van der Waals surface area contributed by atoms with Gasteiger partial charge in [-0.1, -0.05) is 29.4 Å². The van der Waals surface area contributed by atoms with Gasteiger partial charge in [0, 0.05) is 38.3 Å².